The highest BCUT2D eigenvalue weighted by atomic mass is 16.5. The summed E-state index contributed by atoms with van der Waals surface area (Å²) in [7, 11) is 0. The maximum Gasteiger partial charge on any atom is 0.345 e. The minimum absolute atomic E-state index is 0.179. The maximum absolute atomic E-state index is 12.5. The Morgan fingerprint density at radius 2 is 1.58 bits per heavy atom. The lowest BCUT2D eigenvalue weighted by molar-refractivity contribution is 0.0728. The number of aryl methyl sites for hydroxylation is 1. The minimum Gasteiger partial charge on any atom is -0.402 e. The van der Waals surface area contributed by atoms with Gasteiger partial charge in [-0.3, -0.25) is 0 Å². The summed E-state index contributed by atoms with van der Waals surface area (Å²) in [6, 6.07) is 24.7. The first-order valence-electron chi connectivity index (χ1n) is 8.31. The number of ether oxygens (including phenoxy) is 1. The van der Waals surface area contributed by atoms with Crippen LogP contribution in [-0.2, 0) is 0 Å². The molecule has 4 nitrogen and oxygen atoms in total. The summed E-state index contributed by atoms with van der Waals surface area (Å²) in [6.07, 6.45) is 0. The van der Waals surface area contributed by atoms with Crippen molar-refractivity contribution >= 4 is 16.7 Å². The normalized spacial score (nSPS) is 10.7. The van der Waals surface area contributed by atoms with Crippen molar-refractivity contribution < 1.29 is 9.53 Å². The van der Waals surface area contributed by atoms with Crippen LogP contribution in [0.5, 0.6) is 5.88 Å². The van der Waals surface area contributed by atoms with Gasteiger partial charge in [0.05, 0.1) is 11.3 Å². The molecule has 0 atom stereocenters. The quantitative estimate of drug-likeness (QED) is 0.502. The predicted molar refractivity (Wildman–Crippen MR) is 101 cm³/mol. The summed E-state index contributed by atoms with van der Waals surface area (Å²) in [5.74, 6) is -0.266. The Labute approximate surface area is 151 Å². The van der Waals surface area contributed by atoms with Gasteiger partial charge in [0.2, 0.25) is 5.88 Å². The molecule has 0 unspecified atom stereocenters. The van der Waals surface area contributed by atoms with Crippen LogP contribution in [0.1, 0.15) is 15.9 Å². The first kappa shape index (κ1) is 16.0. The van der Waals surface area contributed by atoms with Gasteiger partial charge in [-0.25, -0.2) is 4.79 Å². The van der Waals surface area contributed by atoms with Crippen LogP contribution in [0.3, 0.4) is 0 Å². The molecule has 0 aliphatic heterocycles. The molecule has 0 spiro atoms. The summed E-state index contributed by atoms with van der Waals surface area (Å²) >= 11 is 0. The van der Waals surface area contributed by atoms with Crippen molar-refractivity contribution in [1.82, 2.24) is 10.2 Å². The second-order valence-electron chi connectivity index (χ2n) is 6.04. The topological polar surface area (TPSA) is 52.1 Å². The molecule has 4 heteroatoms. The predicted octanol–water partition coefficient (Wildman–Crippen LogP) is 4.82. The van der Waals surface area contributed by atoms with E-state index >= 15 is 0 Å². The van der Waals surface area contributed by atoms with Gasteiger partial charge in [0.1, 0.15) is 0 Å². The number of rotatable bonds is 3. The lowest BCUT2D eigenvalue weighted by Gasteiger charge is -2.07. The fourth-order valence-electron chi connectivity index (χ4n) is 2.81. The highest BCUT2D eigenvalue weighted by molar-refractivity contribution is 6.05. The van der Waals surface area contributed by atoms with Crippen molar-refractivity contribution in [3.8, 4) is 17.1 Å². The van der Waals surface area contributed by atoms with Gasteiger partial charge in [0.25, 0.3) is 0 Å². The van der Waals surface area contributed by atoms with Gasteiger partial charge in [-0.05, 0) is 29.8 Å². The van der Waals surface area contributed by atoms with Crippen LogP contribution < -0.4 is 4.74 Å². The lowest BCUT2D eigenvalue weighted by atomic mass is 10.1. The van der Waals surface area contributed by atoms with Gasteiger partial charge in [-0.15, -0.1) is 10.2 Å². The SMILES string of the molecule is Cc1ccc(-c2ccc(OC(=O)c3cccc4ccccc34)nn2)cc1. The zero-order chi connectivity index (χ0) is 17.9. The molecule has 0 aliphatic rings. The smallest absolute Gasteiger partial charge is 0.345 e. The molecule has 3 aromatic carbocycles. The van der Waals surface area contributed by atoms with Gasteiger partial charge in [0.15, 0.2) is 0 Å². The van der Waals surface area contributed by atoms with E-state index in [1.165, 1.54) is 5.56 Å². The average molecular weight is 340 g/mol. The number of carbonyl (C=O) groups is 1. The van der Waals surface area contributed by atoms with Crippen molar-refractivity contribution in [2.45, 2.75) is 6.92 Å². The fourth-order valence-corrected chi connectivity index (χ4v) is 2.81. The molecule has 0 bridgehead atoms. The van der Waals surface area contributed by atoms with E-state index in [-0.39, 0.29) is 5.88 Å². The Bertz CT molecular complexity index is 1070. The summed E-state index contributed by atoms with van der Waals surface area (Å²) in [6.45, 7) is 2.03. The maximum atomic E-state index is 12.5. The van der Waals surface area contributed by atoms with E-state index in [1.807, 2.05) is 67.6 Å². The minimum atomic E-state index is -0.445. The number of hydrogen-bond donors (Lipinski definition) is 0. The summed E-state index contributed by atoms with van der Waals surface area (Å²) in [4.78, 5) is 12.5. The van der Waals surface area contributed by atoms with Gasteiger partial charge in [-0.2, -0.15) is 0 Å². The monoisotopic (exact) mass is 340 g/mol. The Kier molecular flexibility index (Phi) is 4.15. The number of nitrogens with zero attached hydrogens (tertiary/aromatic N) is 2. The Hall–Kier alpha value is -3.53. The Morgan fingerprint density at radius 1 is 0.808 bits per heavy atom. The number of benzene rings is 3. The molecule has 0 saturated carbocycles. The summed E-state index contributed by atoms with van der Waals surface area (Å²) in [5.41, 5.74) is 3.39. The zero-order valence-electron chi connectivity index (χ0n) is 14.2. The van der Waals surface area contributed by atoms with E-state index in [2.05, 4.69) is 10.2 Å². The Morgan fingerprint density at radius 3 is 2.35 bits per heavy atom. The van der Waals surface area contributed by atoms with Crippen LogP contribution in [0.4, 0.5) is 0 Å². The van der Waals surface area contributed by atoms with Gasteiger partial charge in [-0.1, -0.05) is 66.2 Å². The molecule has 126 valence electrons. The summed E-state index contributed by atoms with van der Waals surface area (Å²) < 4.78 is 5.41. The van der Waals surface area contributed by atoms with Crippen LogP contribution in [0.2, 0.25) is 0 Å². The largest absolute Gasteiger partial charge is 0.402 e. The molecule has 0 aliphatic carbocycles. The number of esters is 1. The summed E-state index contributed by atoms with van der Waals surface area (Å²) in [5, 5.41) is 10.0. The third-order valence-electron chi connectivity index (χ3n) is 4.19. The highest BCUT2D eigenvalue weighted by Crippen LogP contribution is 2.21. The van der Waals surface area contributed by atoms with Crippen molar-refractivity contribution in [2.75, 3.05) is 0 Å². The number of carbonyl (C=O) groups excluding carboxylic acids is 1. The number of fused-ring (bicyclic) bond motifs is 1. The highest BCUT2D eigenvalue weighted by Gasteiger charge is 2.13. The van der Waals surface area contributed by atoms with Crippen LogP contribution in [-0.4, -0.2) is 16.2 Å². The molecule has 0 fully saturated rings. The van der Waals surface area contributed by atoms with Gasteiger partial charge >= 0.3 is 5.97 Å². The Balaban J connectivity index is 1.57. The number of aromatic nitrogens is 2. The van der Waals surface area contributed by atoms with Crippen molar-refractivity contribution in [3.63, 3.8) is 0 Å². The second-order valence-corrected chi connectivity index (χ2v) is 6.04. The second kappa shape index (κ2) is 6.76. The van der Waals surface area contributed by atoms with E-state index in [9.17, 15) is 4.79 Å². The molecule has 0 saturated heterocycles. The first-order valence-corrected chi connectivity index (χ1v) is 8.31. The van der Waals surface area contributed by atoms with Crippen molar-refractivity contribution in [2.24, 2.45) is 0 Å². The van der Waals surface area contributed by atoms with Crippen LogP contribution in [0.15, 0.2) is 78.9 Å². The molecule has 1 aromatic heterocycles. The first-order chi connectivity index (χ1) is 12.7. The van der Waals surface area contributed by atoms with Crippen LogP contribution >= 0.6 is 0 Å². The third-order valence-corrected chi connectivity index (χ3v) is 4.19. The van der Waals surface area contributed by atoms with Crippen molar-refractivity contribution in [3.05, 3.63) is 90.0 Å². The van der Waals surface area contributed by atoms with Crippen LogP contribution in [0, 0.1) is 6.92 Å². The fraction of sp³-hybridized carbons (Fsp3) is 0.0455. The van der Waals surface area contributed by atoms with E-state index in [1.54, 1.807) is 18.2 Å². The number of hydrogen-bond acceptors (Lipinski definition) is 4. The lowest BCUT2D eigenvalue weighted by Crippen LogP contribution is -2.10. The zero-order valence-corrected chi connectivity index (χ0v) is 14.2. The average Bonchev–Trinajstić information content (AvgIpc) is 2.69. The third kappa shape index (κ3) is 3.17. The molecule has 0 N–H and O–H groups in total. The van der Waals surface area contributed by atoms with E-state index < -0.39 is 5.97 Å². The molecule has 0 radical (unpaired) electrons. The standard InChI is InChI=1S/C22H16N2O2/c1-15-9-11-17(12-10-15)20-13-14-21(24-23-20)26-22(25)19-8-4-6-16-5-2-3-7-18(16)19/h2-14H,1H3. The van der Waals surface area contributed by atoms with E-state index in [4.69, 9.17) is 4.74 Å². The molecule has 0 amide bonds. The molecule has 26 heavy (non-hydrogen) atoms. The van der Waals surface area contributed by atoms with E-state index in [0.717, 1.165) is 22.0 Å². The van der Waals surface area contributed by atoms with Gasteiger partial charge in [0, 0.05) is 11.6 Å². The molecular formula is C22H16N2O2. The van der Waals surface area contributed by atoms with Gasteiger partial charge < -0.3 is 4.74 Å². The molecule has 4 rings (SSSR count). The molecule has 4 aromatic rings. The van der Waals surface area contributed by atoms with Crippen molar-refractivity contribution in [1.29, 1.82) is 0 Å². The molecular weight excluding hydrogens is 324 g/mol. The van der Waals surface area contributed by atoms with Crippen LogP contribution in [0.25, 0.3) is 22.0 Å². The van der Waals surface area contributed by atoms with E-state index in [0.29, 0.717) is 5.56 Å². The molecule has 1 heterocycles.